The third kappa shape index (κ3) is 1.90. The van der Waals surface area contributed by atoms with Crippen molar-refractivity contribution in [3.8, 4) is 17.8 Å². The highest BCUT2D eigenvalue weighted by Crippen LogP contribution is 2.21. The van der Waals surface area contributed by atoms with Gasteiger partial charge in [-0.25, -0.2) is 14.2 Å². The van der Waals surface area contributed by atoms with E-state index in [0.717, 1.165) is 17.0 Å². The molecule has 1 heterocycles. The van der Waals surface area contributed by atoms with Crippen LogP contribution in [0, 0.1) is 28.5 Å². The molecule has 0 spiro atoms. The van der Waals surface area contributed by atoms with Crippen LogP contribution in [0.2, 0.25) is 0 Å². The first kappa shape index (κ1) is 12.3. The molecule has 92 valence electrons. The van der Waals surface area contributed by atoms with Crippen molar-refractivity contribution in [3.05, 3.63) is 47.3 Å². The van der Waals surface area contributed by atoms with E-state index in [-0.39, 0.29) is 22.6 Å². The van der Waals surface area contributed by atoms with E-state index < -0.39 is 11.8 Å². The number of aromatic carboxylic acids is 1. The summed E-state index contributed by atoms with van der Waals surface area (Å²) in [6.45, 7) is 0. The number of benzene rings is 1. The second-order valence-electron chi connectivity index (χ2n) is 3.48. The van der Waals surface area contributed by atoms with Crippen molar-refractivity contribution in [2.24, 2.45) is 0 Å². The van der Waals surface area contributed by atoms with Gasteiger partial charge in [0.25, 0.3) is 0 Å². The smallest absolute Gasteiger partial charge is 0.337 e. The molecule has 0 amide bonds. The van der Waals surface area contributed by atoms with Gasteiger partial charge in [0.2, 0.25) is 0 Å². The average Bonchev–Trinajstić information content (AvgIpc) is 2.80. The van der Waals surface area contributed by atoms with E-state index in [4.69, 9.17) is 15.6 Å². The van der Waals surface area contributed by atoms with Gasteiger partial charge in [0.05, 0.1) is 11.3 Å². The van der Waals surface area contributed by atoms with Gasteiger partial charge in [0.1, 0.15) is 24.3 Å². The number of hydrogen-bond donors (Lipinski definition) is 1. The third-order valence-electron chi connectivity index (χ3n) is 2.44. The first-order chi connectivity index (χ1) is 9.10. The Morgan fingerprint density at radius 2 is 2.11 bits per heavy atom. The molecule has 7 heteroatoms. The zero-order valence-corrected chi connectivity index (χ0v) is 9.33. The van der Waals surface area contributed by atoms with Crippen LogP contribution in [-0.2, 0) is 0 Å². The zero-order valence-electron chi connectivity index (χ0n) is 9.33. The number of carboxylic acid groups (broad SMARTS) is 1. The molecule has 0 saturated carbocycles. The molecule has 1 N–H and O–H groups in total. The number of halogens is 1. The van der Waals surface area contributed by atoms with E-state index >= 15 is 0 Å². The minimum atomic E-state index is -1.34. The second kappa shape index (κ2) is 4.59. The second-order valence-corrected chi connectivity index (χ2v) is 3.48. The first-order valence-electron chi connectivity index (χ1n) is 5.00. The van der Waals surface area contributed by atoms with E-state index in [1.165, 1.54) is 12.1 Å². The lowest BCUT2D eigenvalue weighted by atomic mass is 10.1. The quantitative estimate of drug-likeness (QED) is 0.875. The summed E-state index contributed by atoms with van der Waals surface area (Å²) in [4.78, 5) is 14.7. The molecular formula is C12H5FN4O2. The predicted molar refractivity (Wildman–Crippen MR) is 59.9 cm³/mol. The molecule has 2 rings (SSSR count). The summed E-state index contributed by atoms with van der Waals surface area (Å²) >= 11 is 0. The van der Waals surface area contributed by atoms with Crippen LogP contribution in [0.4, 0.5) is 4.39 Å². The number of nitrogens with zero attached hydrogens (tertiary/aromatic N) is 4. The summed E-state index contributed by atoms with van der Waals surface area (Å²) in [7, 11) is 0. The number of para-hydroxylation sites is 1. The molecule has 0 radical (unpaired) electrons. The van der Waals surface area contributed by atoms with Gasteiger partial charge in [-0.3, -0.25) is 4.57 Å². The van der Waals surface area contributed by atoms with Crippen molar-refractivity contribution in [2.45, 2.75) is 0 Å². The number of aromatic nitrogens is 2. The van der Waals surface area contributed by atoms with Gasteiger partial charge < -0.3 is 5.11 Å². The van der Waals surface area contributed by atoms with Crippen molar-refractivity contribution in [1.82, 2.24) is 9.55 Å². The molecule has 19 heavy (non-hydrogen) atoms. The van der Waals surface area contributed by atoms with E-state index in [1.807, 2.05) is 0 Å². The fraction of sp³-hybridized carbons (Fsp3) is 0. The molecule has 0 fully saturated rings. The van der Waals surface area contributed by atoms with Gasteiger partial charge in [0, 0.05) is 0 Å². The van der Waals surface area contributed by atoms with Crippen LogP contribution in [-0.4, -0.2) is 20.6 Å². The zero-order chi connectivity index (χ0) is 14.0. The Hall–Kier alpha value is -3.19. The van der Waals surface area contributed by atoms with Crippen LogP contribution in [0.25, 0.3) is 5.69 Å². The number of carboxylic acids is 1. The normalized spacial score (nSPS) is 9.63. The molecule has 0 saturated heterocycles. The first-order valence-corrected chi connectivity index (χ1v) is 5.00. The Labute approximate surface area is 106 Å². The number of nitriles is 2. The summed E-state index contributed by atoms with van der Waals surface area (Å²) in [5.41, 5.74) is -1.05. The fourth-order valence-corrected chi connectivity index (χ4v) is 1.64. The summed E-state index contributed by atoms with van der Waals surface area (Å²) < 4.78 is 14.8. The van der Waals surface area contributed by atoms with E-state index in [0.29, 0.717) is 0 Å². The molecule has 0 atom stereocenters. The Bertz CT molecular complexity index is 752. The largest absolute Gasteiger partial charge is 0.478 e. The van der Waals surface area contributed by atoms with Gasteiger partial charge in [-0.1, -0.05) is 6.07 Å². The predicted octanol–water partition coefficient (Wildman–Crippen LogP) is 1.45. The summed E-state index contributed by atoms with van der Waals surface area (Å²) in [6.07, 6.45) is 1.04. The highest BCUT2D eigenvalue weighted by molar-refractivity contribution is 5.92. The van der Waals surface area contributed by atoms with Gasteiger partial charge in [-0.2, -0.15) is 10.5 Å². The standard InChI is InChI=1S/C12H5FN4O2/c13-8-3-1-2-7(12(18)19)11(8)17-6-16-9(4-14)10(17)5-15/h1-3,6H,(H,18,19). The molecular weight excluding hydrogens is 251 g/mol. The number of hydrogen-bond acceptors (Lipinski definition) is 4. The maximum Gasteiger partial charge on any atom is 0.337 e. The minimum absolute atomic E-state index is 0.193. The lowest BCUT2D eigenvalue weighted by Gasteiger charge is -2.08. The van der Waals surface area contributed by atoms with E-state index in [2.05, 4.69) is 4.98 Å². The third-order valence-corrected chi connectivity index (χ3v) is 2.44. The van der Waals surface area contributed by atoms with Gasteiger partial charge in [0.15, 0.2) is 11.4 Å². The lowest BCUT2D eigenvalue weighted by molar-refractivity contribution is 0.0696. The molecule has 6 nitrogen and oxygen atoms in total. The van der Waals surface area contributed by atoms with Gasteiger partial charge in [-0.05, 0) is 12.1 Å². The molecule has 0 bridgehead atoms. The number of carbonyl (C=O) groups is 1. The number of imidazole rings is 1. The highest BCUT2D eigenvalue weighted by atomic mass is 19.1. The Morgan fingerprint density at radius 1 is 1.37 bits per heavy atom. The van der Waals surface area contributed by atoms with Crippen LogP contribution < -0.4 is 0 Å². The molecule has 2 aromatic rings. The van der Waals surface area contributed by atoms with Crippen LogP contribution in [0.1, 0.15) is 21.7 Å². The molecule has 1 aromatic heterocycles. The minimum Gasteiger partial charge on any atom is -0.478 e. The molecule has 0 aliphatic carbocycles. The summed E-state index contributed by atoms with van der Waals surface area (Å²) in [5.74, 6) is -2.16. The maximum absolute atomic E-state index is 13.8. The van der Waals surface area contributed by atoms with Crippen molar-refractivity contribution in [2.75, 3.05) is 0 Å². The van der Waals surface area contributed by atoms with E-state index in [1.54, 1.807) is 12.1 Å². The van der Waals surface area contributed by atoms with Crippen molar-refractivity contribution >= 4 is 5.97 Å². The molecule has 1 aromatic carbocycles. The van der Waals surface area contributed by atoms with Crippen LogP contribution in [0.5, 0.6) is 0 Å². The van der Waals surface area contributed by atoms with Crippen molar-refractivity contribution in [1.29, 1.82) is 10.5 Å². The van der Waals surface area contributed by atoms with Crippen LogP contribution in [0.15, 0.2) is 24.5 Å². The molecule has 0 aliphatic rings. The summed E-state index contributed by atoms with van der Waals surface area (Å²) in [6, 6.07) is 6.90. The van der Waals surface area contributed by atoms with Crippen molar-refractivity contribution in [3.63, 3.8) is 0 Å². The van der Waals surface area contributed by atoms with Gasteiger partial charge >= 0.3 is 5.97 Å². The van der Waals surface area contributed by atoms with Crippen molar-refractivity contribution < 1.29 is 14.3 Å². The Morgan fingerprint density at radius 3 is 2.68 bits per heavy atom. The lowest BCUT2D eigenvalue weighted by Crippen LogP contribution is -2.08. The molecule has 0 unspecified atom stereocenters. The monoisotopic (exact) mass is 256 g/mol. The SMILES string of the molecule is N#Cc1ncn(-c2c(F)cccc2C(=O)O)c1C#N. The van der Waals surface area contributed by atoms with Gasteiger partial charge in [-0.15, -0.1) is 0 Å². The maximum atomic E-state index is 13.8. The van der Waals surface area contributed by atoms with Crippen LogP contribution >= 0.6 is 0 Å². The Balaban J connectivity index is 2.81. The topological polar surface area (TPSA) is 103 Å². The fourth-order valence-electron chi connectivity index (χ4n) is 1.64. The van der Waals surface area contributed by atoms with Crippen LogP contribution in [0.3, 0.4) is 0 Å². The Kier molecular flexibility index (Phi) is 2.96. The molecule has 0 aliphatic heterocycles. The average molecular weight is 256 g/mol. The summed E-state index contributed by atoms with van der Waals surface area (Å²) in [5, 5.41) is 26.8. The van der Waals surface area contributed by atoms with E-state index in [9.17, 15) is 9.18 Å². The highest BCUT2D eigenvalue weighted by Gasteiger charge is 2.20. The number of rotatable bonds is 2.